The quantitative estimate of drug-likeness (QED) is 0.247. The fourth-order valence-corrected chi connectivity index (χ4v) is 4.20. The maximum atomic E-state index is 12.5. The van der Waals surface area contributed by atoms with Crippen molar-refractivity contribution in [1.29, 1.82) is 0 Å². The number of aliphatic hydroxyl groups is 1. The highest BCUT2D eigenvalue weighted by molar-refractivity contribution is 7.65. The molecule has 0 aliphatic rings. The van der Waals surface area contributed by atoms with Crippen LogP contribution in [0.1, 0.15) is 17.4 Å². The van der Waals surface area contributed by atoms with Crippen molar-refractivity contribution in [3.63, 3.8) is 0 Å². The molecule has 2 atom stereocenters. The fourth-order valence-electron chi connectivity index (χ4n) is 3.01. The van der Waals surface area contributed by atoms with Gasteiger partial charge in [-0.05, 0) is 36.2 Å². The summed E-state index contributed by atoms with van der Waals surface area (Å²) in [6, 6.07) is 12.5. The van der Waals surface area contributed by atoms with E-state index in [0.717, 1.165) is 5.56 Å². The third-order valence-corrected chi connectivity index (χ3v) is 6.71. The zero-order valence-corrected chi connectivity index (χ0v) is 19.4. The molecule has 0 spiro atoms. The lowest BCUT2D eigenvalue weighted by molar-refractivity contribution is 0.187. The Morgan fingerprint density at radius 2 is 2.03 bits per heavy atom. The van der Waals surface area contributed by atoms with Gasteiger partial charge in [0.25, 0.3) is 0 Å². The van der Waals surface area contributed by atoms with Gasteiger partial charge >= 0.3 is 0 Å². The van der Waals surface area contributed by atoms with Gasteiger partial charge in [-0.3, -0.25) is 0 Å². The number of nitrogens with two attached hydrogens (primary N) is 1. The monoisotopic (exact) mass is 473 g/mol. The number of rotatable bonds is 9. The Hall–Kier alpha value is -2.90. The number of halogens is 1. The van der Waals surface area contributed by atoms with Crippen molar-refractivity contribution in [1.82, 2.24) is 9.97 Å². The Morgan fingerprint density at radius 3 is 2.72 bits per heavy atom. The van der Waals surface area contributed by atoms with Crippen LogP contribution in [0.25, 0.3) is 0 Å². The first-order valence-corrected chi connectivity index (χ1v) is 12.5. The summed E-state index contributed by atoms with van der Waals surface area (Å²) in [6.45, 7) is 5.34. The number of nitrogens with one attached hydrogen (secondary N) is 2. The molecule has 10 heteroatoms. The number of benzene rings is 2. The molecule has 2 unspecified atom stereocenters. The molecule has 0 saturated heterocycles. The number of aromatic nitrogens is 2. The lowest BCUT2D eigenvalue weighted by Gasteiger charge is -2.16. The van der Waals surface area contributed by atoms with Crippen LogP contribution in [0.4, 0.5) is 23.1 Å². The van der Waals surface area contributed by atoms with Gasteiger partial charge in [0, 0.05) is 17.4 Å². The Kier molecular flexibility index (Phi) is 7.53. The van der Waals surface area contributed by atoms with Crippen molar-refractivity contribution >= 4 is 41.9 Å². The molecule has 0 aliphatic carbocycles. The Morgan fingerprint density at radius 1 is 1.28 bits per heavy atom. The van der Waals surface area contributed by atoms with E-state index in [0.29, 0.717) is 34.7 Å². The predicted molar refractivity (Wildman–Crippen MR) is 130 cm³/mol. The summed E-state index contributed by atoms with van der Waals surface area (Å²) in [4.78, 5) is 8.68. The molecule has 1 heterocycles. The zero-order valence-electron chi connectivity index (χ0n) is 17.7. The number of methoxy groups -OCH3 is 1. The highest BCUT2D eigenvalue weighted by Crippen LogP contribution is 2.46. The van der Waals surface area contributed by atoms with Gasteiger partial charge in [0.15, 0.2) is 5.82 Å². The van der Waals surface area contributed by atoms with Crippen LogP contribution in [0.3, 0.4) is 0 Å². The van der Waals surface area contributed by atoms with Gasteiger partial charge in [-0.25, -0.2) is 4.98 Å². The number of aliphatic hydroxyl groups excluding tert-OH is 1. The van der Waals surface area contributed by atoms with Crippen LogP contribution in [0, 0.1) is 0 Å². The molecule has 5 N–H and O–H groups in total. The average molecular weight is 474 g/mol. The minimum atomic E-state index is -2.48. The molecule has 8 nitrogen and oxygen atoms in total. The predicted octanol–water partition coefficient (Wildman–Crippen LogP) is 5.21. The summed E-state index contributed by atoms with van der Waals surface area (Å²) in [5.41, 5.74) is 8.17. The van der Waals surface area contributed by atoms with Crippen molar-refractivity contribution < 1.29 is 14.4 Å². The van der Waals surface area contributed by atoms with Gasteiger partial charge in [-0.2, -0.15) is 4.98 Å². The van der Waals surface area contributed by atoms with Crippen LogP contribution in [-0.2, 0) is 10.7 Å². The van der Waals surface area contributed by atoms with E-state index in [2.05, 4.69) is 27.2 Å². The zero-order chi connectivity index (χ0) is 23.3. The van der Waals surface area contributed by atoms with E-state index in [9.17, 15) is 9.67 Å². The van der Waals surface area contributed by atoms with Crippen molar-refractivity contribution in [2.45, 2.75) is 12.4 Å². The second-order valence-electron chi connectivity index (χ2n) is 7.22. The molecule has 0 amide bonds. The van der Waals surface area contributed by atoms with Crippen LogP contribution in [-0.4, -0.2) is 28.8 Å². The Balaban J connectivity index is 1.91. The van der Waals surface area contributed by atoms with Gasteiger partial charge in [0.2, 0.25) is 5.95 Å². The minimum absolute atomic E-state index is 0.265. The second-order valence-corrected chi connectivity index (χ2v) is 10.7. The number of para-hydroxylation sites is 1. The molecule has 32 heavy (non-hydrogen) atoms. The largest absolute Gasteiger partial charge is 0.495 e. The SMILES string of the molecule is C=CP(C)(=O)Cc1ccc(OC)c(Nc2ncc(Cl)c(Nc3ccccc3C(N)O)n2)c1. The summed E-state index contributed by atoms with van der Waals surface area (Å²) < 4.78 is 17.9. The maximum Gasteiger partial charge on any atom is 0.229 e. The molecule has 0 saturated carbocycles. The average Bonchev–Trinajstić information content (AvgIpc) is 2.76. The van der Waals surface area contributed by atoms with Crippen molar-refractivity contribution in [2.24, 2.45) is 5.73 Å². The number of hydrogen-bond donors (Lipinski definition) is 4. The smallest absolute Gasteiger partial charge is 0.229 e. The summed E-state index contributed by atoms with van der Waals surface area (Å²) in [5, 5.41) is 16.3. The fraction of sp³-hybridized carbons (Fsp3) is 0.182. The topological polar surface area (TPSA) is 122 Å². The second kappa shape index (κ2) is 10.1. The molecule has 3 aromatic rings. The van der Waals surface area contributed by atoms with Crippen molar-refractivity contribution in [2.75, 3.05) is 24.4 Å². The Labute approximate surface area is 191 Å². The summed E-state index contributed by atoms with van der Waals surface area (Å²) >= 11 is 6.28. The van der Waals surface area contributed by atoms with E-state index < -0.39 is 13.4 Å². The molecule has 0 aliphatic heterocycles. The first-order valence-electron chi connectivity index (χ1n) is 9.68. The van der Waals surface area contributed by atoms with Gasteiger partial charge in [-0.1, -0.05) is 42.4 Å². The molecule has 0 bridgehead atoms. The van der Waals surface area contributed by atoms with Crippen LogP contribution in [0.15, 0.2) is 61.1 Å². The molecule has 168 valence electrons. The van der Waals surface area contributed by atoms with Gasteiger partial charge < -0.3 is 30.8 Å². The van der Waals surface area contributed by atoms with Crippen LogP contribution in [0.5, 0.6) is 5.75 Å². The minimum Gasteiger partial charge on any atom is -0.495 e. The number of nitrogens with zero attached hydrogens (tertiary/aromatic N) is 2. The molecule has 3 rings (SSSR count). The first kappa shape index (κ1) is 23.8. The molecule has 1 aromatic heterocycles. The van der Waals surface area contributed by atoms with E-state index in [-0.39, 0.29) is 11.0 Å². The normalized spacial score (nSPS) is 13.7. The van der Waals surface area contributed by atoms with Crippen LogP contribution in [0.2, 0.25) is 5.02 Å². The maximum absolute atomic E-state index is 12.5. The Bertz CT molecular complexity index is 1170. The van der Waals surface area contributed by atoms with E-state index >= 15 is 0 Å². The van der Waals surface area contributed by atoms with Crippen LogP contribution < -0.4 is 21.1 Å². The highest BCUT2D eigenvalue weighted by Gasteiger charge is 2.15. The van der Waals surface area contributed by atoms with E-state index in [4.69, 9.17) is 22.1 Å². The van der Waals surface area contributed by atoms with Crippen molar-refractivity contribution in [3.8, 4) is 5.75 Å². The molecular weight excluding hydrogens is 449 g/mol. The number of anilines is 4. The lowest BCUT2D eigenvalue weighted by atomic mass is 10.1. The van der Waals surface area contributed by atoms with Crippen molar-refractivity contribution in [3.05, 3.63) is 77.2 Å². The first-order chi connectivity index (χ1) is 15.2. The lowest BCUT2D eigenvalue weighted by Crippen LogP contribution is -2.11. The summed E-state index contributed by atoms with van der Waals surface area (Å²) in [6.07, 6.45) is 0.672. The molecular formula is C22H25ClN5O3P. The summed E-state index contributed by atoms with van der Waals surface area (Å²) in [7, 11) is -0.927. The standard InChI is InChI=1S/C22H25ClN5O3P/c1-4-32(3,30)13-14-9-10-19(31-2)18(11-14)27-22-25-12-16(23)21(28-22)26-17-8-6-5-7-15(17)20(24)29/h4-12,20,29H,1,13,24H2,2-3H3,(H2,25,26,27,28). The molecule has 0 fully saturated rings. The van der Waals surface area contributed by atoms with E-state index in [1.165, 1.54) is 12.0 Å². The van der Waals surface area contributed by atoms with E-state index in [1.54, 1.807) is 44.1 Å². The van der Waals surface area contributed by atoms with Gasteiger partial charge in [0.1, 0.15) is 24.1 Å². The van der Waals surface area contributed by atoms with Crippen LogP contribution >= 0.6 is 18.7 Å². The van der Waals surface area contributed by atoms with Gasteiger partial charge in [-0.15, -0.1) is 0 Å². The number of hydrogen-bond acceptors (Lipinski definition) is 8. The van der Waals surface area contributed by atoms with Gasteiger partial charge in [0.05, 0.1) is 19.0 Å². The third kappa shape index (κ3) is 5.87. The third-order valence-electron chi connectivity index (χ3n) is 4.67. The molecule has 0 radical (unpaired) electrons. The van der Waals surface area contributed by atoms with E-state index in [1.807, 2.05) is 12.1 Å². The highest BCUT2D eigenvalue weighted by atomic mass is 35.5. The summed E-state index contributed by atoms with van der Waals surface area (Å²) in [5.74, 6) is 2.67. The molecule has 2 aromatic carbocycles. The number of ether oxygens (including phenoxy) is 1.